The van der Waals surface area contributed by atoms with E-state index in [1.165, 1.54) is 11.1 Å². The number of rotatable bonds is 6. The zero-order valence-corrected chi connectivity index (χ0v) is 14.7. The highest BCUT2D eigenvalue weighted by atomic mass is 16.5. The molecular formula is C19H29NO3. The topological polar surface area (TPSA) is 58.6 Å². The molecule has 1 aromatic rings. The van der Waals surface area contributed by atoms with E-state index < -0.39 is 12.0 Å². The third kappa shape index (κ3) is 5.33. The largest absolute Gasteiger partial charge is 0.480 e. The molecule has 0 radical (unpaired) electrons. The number of carbonyl (C=O) groups is 1. The molecule has 0 bridgehead atoms. The summed E-state index contributed by atoms with van der Waals surface area (Å²) in [6.45, 7) is 9.88. The predicted octanol–water partition coefficient (Wildman–Crippen LogP) is 3.69. The first-order chi connectivity index (χ1) is 10.8. The number of hydrogen-bond acceptors (Lipinski definition) is 3. The van der Waals surface area contributed by atoms with E-state index >= 15 is 0 Å². The Morgan fingerprint density at radius 3 is 2.74 bits per heavy atom. The molecular weight excluding hydrogens is 290 g/mol. The van der Waals surface area contributed by atoms with Crippen molar-refractivity contribution in [3.8, 4) is 0 Å². The summed E-state index contributed by atoms with van der Waals surface area (Å²) < 4.78 is 5.51. The number of carboxylic acids is 1. The standard InChI is InChI=1S/C19H29NO3/c1-13(20-17(18(21)22)7-9-19(2,3)4)15-6-5-14-8-10-23-12-16(14)11-15/h5-6,11,13,17,20H,7-10,12H2,1-4H3,(H,21,22). The monoisotopic (exact) mass is 319 g/mol. The van der Waals surface area contributed by atoms with Crippen molar-refractivity contribution in [3.63, 3.8) is 0 Å². The van der Waals surface area contributed by atoms with E-state index in [0.717, 1.165) is 25.0 Å². The molecule has 2 unspecified atom stereocenters. The van der Waals surface area contributed by atoms with Gasteiger partial charge in [-0.05, 0) is 48.3 Å². The van der Waals surface area contributed by atoms with Gasteiger partial charge < -0.3 is 9.84 Å². The van der Waals surface area contributed by atoms with E-state index in [9.17, 15) is 9.90 Å². The number of nitrogens with one attached hydrogen (secondary N) is 1. The summed E-state index contributed by atoms with van der Waals surface area (Å²) in [6.07, 6.45) is 2.47. The molecule has 23 heavy (non-hydrogen) atoms. The number of benzene rings is 1. The van der Waals surface area contributed by atoms with Gasteiger partial charge in [0.05, 0.1) is 13.2 Å². The molecule has 128 valence electrons. The molecule has 1 heterocycles. The van der Waals surface area contributed by atoms with Crippen molar-refractivity contribution in [2.24, 2.45) is 5.41 Å². The molecule has 1 aliphatic heterocycles. The van der Waals surface area contributed by atoms with Crippen LogP contribution >= 0.6 is 0 Å². The minimum Gasteiger partial charge on any atom is -0.480 e. The molecule has 1 aromatic carbocycles. The molecule has 2 rings (SSSR count). The Morgan fingerprint density at radius 1 is 1.35 bits per heavy atom. The van der Waals surface area contributed by atoms with Crippen LogP contribution in [0.1, 0.15) is 63.3 Å². The molecule has 2 atom stereocenters. The Labute approximate surface area is 139 Å². The quantitative estimate of drug-likeness (QED) is 0.839. The normalized spacial score (nSPS) is 17.4. The molecule has 1 aliphatic rings. The molecule has 0 aliphatic carbocycles. The number of aliphatic carboxylic acids is 1. The van der Waals surface area contributed by atoms with Gasteiger partial charge in [0.2, 0.25) is 0 Å². The highest BCUT2D eigenvalue weighted by Crippen LogP contribution is 2.25. The van der Waals surface area contributed by atoms with Gasteiger partial charge in [0.1, 0.15) is 6.04 Å². The van der Waals surface area contributed by atoms with E-state index in [1.54, 1.807) is 0 Å². The van der Waals surface area contributed by atoms with Gasteiger partial charge in [-0.25, -0.2) is 0 Å². The van der Waals surface area contributed by atoms with Gasteiger partial charge in [0.25, 0.3) is 0 Å². The van der Waals surface area contributed by atoms with E-state index in [1.807, 2.05) is 6.92 Å². The summed E-state index contributed by atoms with van der Waals surface area (Å²) in [7, 11) is 0. The van der Waals surface area contributed by atoms with Crippen molar-refractivity contribution in [3.05, 3.63) is 34.9 Å². The van der Waals surface area contributed by atoms with Gasteiger partial charge in [-0.2, -0.15) is 0 Å². The summed E-state index contributed by atoms with van der Waals surface area (Å²) in [6, 6.07) is 5.88. The Hall–Kier alpha value is -1.39. The van der Waals surface area contributed by atoms with Crippen LogP contribution in [0.5, 0.6) is 0 Å². The van der Waals surface area contributed by atoms with Crippen molar-refractivity contribution in [2.45, 2.75) is 65.6 Å². The molecule has 0 amide bonds. The van der Waals surface area contributed by atoms with Crippen LogP contribution in [-0.4, -0.2) is 23.7 Å². The number of carboxylic acid groups (broad SMARTS) is 1. The fourth-order valence-electron chi connectivity index (χ4n) is 2.91. The molecule has 0 saturated heterocycles. The maximum Gasteiger partial charge on any atom is 0.320 e. The van der Waals surface area contributed by atoms with Gasteiger partial charge in [0.15, 0.2) is 0 Å². The SMILES string of the molecule is CC(NC(CCC(C)(C)C)C(=O)O)c1ccc2c(c1)COCC2. The van der Waals surface area contributed by atoms with Gasteiger partial charge >= 0.3 is 5.97 Å². The fraction of sp³-hybridized carbons (Fsp3) is 0.632. The van der Waals surface area contributed by atoms with E-state index in [0.29, 0.717) is 13.0 Å². The Kier molecular flexibility index (Phi) is 5.82. The van der Waals surface area contributed by atoms with Crippen LogP contribution in [0.2, 0.25) is 0 Å². The Morgan fingerprint density at radius 2 is 2.09 bits per heavy atom. The molecule has 2 N–H and O–H groups in total. The zero-order chi connectivity index (χ0) is 17.0. The lowest BCUT2D eigenvalue weighted by molar-refractivity contribution is -0.140. The van der Waals surface area contributed by atoms with Crippen LogP contribution < -0.4 is 5.32 Å². The van der Waals surface area contributed by atoms with E-state index in [2.05, 4.69) is 44.3 Å². The highest BCUT2D eigenvalue weighted by molar-refractivity contribution is 5.73. The van der Waals surface area contributed by atoms with Gasteiger partial charge in [0, 0.05) is 6.04 Å². The second-order valence-electron chi connectivity index (χ2n) is 7.71. The van der Waals surface area contributed by atoms with E-state index in [-0.39, 0.29) is 11.5 Å². The first-order valence-corrected chi connectivity index (χ1v) is 8.44. The van der Waals surface area contributed by atoms with Crippen LogP contribution in [0.15, 0.2) is 18.2 Å². The minimum absolute atomic E-state index is 0.00305. The van der Waals surface area contributed by atoms with Crippen LogP contribution in [0.3, 0.4) is 0 Å². The Bertz CT molecular complexity index is 548. The third-order valence-corrected chi connectivity index (χ3v) is 4.44. The third-order valence-electron chi connectivity index (χ3n) is 4.44. The van der Waals surface area contributed by atoms with Crippen molar-refractivity contribution < 1.29 is 14.6 Å². The molecule has 0 fully saturated rings. The van der Waals surface area contributed by atoms with Crippen molar-refractivity contribution in [1.82, 2.24) is 5.32 Å². The predicted molar refractivity (Wildman–Crippen MR) is 91.5 cm³/mol. The second-order valence-corrected chi connectivity index (χ2v) is 7.71. The van der Waals surface area contributed by atoms with Crippen molar-refractivity contribution in [2.75, 3.05) is 6.61 Å². The first-order valence-electron chi connectivity index (χ1n) is 8.44. The summed E-state index contributed by atoms with van der Waals surface area (Å²) in [5.41, 5.74) is 3.83. The van der Waals surface area contributed by atoms with Gasteiger partial charge in [-0.1, -0.05) is 39.0 Å². The van der Waals surface area contributed by atoms with Crippen molar-refractivity contribution in [1.29, 1.82) is 0 Å². The van der Waals surface area contributed by atoms with Crippen LogP contribution in [-0.2, 0) is 22.6 Å². The fourth-order valence-corrected chi connectivity index (χ4v) is 2.91. The van der Waals surface area contributed by atoms with E-state index in [4.69, 9.17) is 4.74 Å². The average molecular weight is 319 g/mol. The van der Waals surface area contributed by atoms with Gasteiger partial charge in [-0.3, -0.25) is 10.1 Å². The molecule has 0 spiro atoms. The lowest BCUT2D eigenvalue weighted by atomic mass is 9.88. The van der Waals surface area contributed by atoms with Crippen LogP contribution in [0.4, 0.5) is 0 Å². The van der Waals surface area contributed by atoms with Crippen LogP contribution in [0.25, 0.3) is 0 Å². The summed E-state index contributed by atoms with van der Waals surface area (Å²) in [5.74, 6) is -0.776. The van der Waals surface area contributed by atoms with Crippen LogP contribution in [0, 0.1) is 5.41 Å². The summed E-state index contributed by atoms with van der Waals surface area (Å²) >= 11 is 0. The first kappa shape index (κ1) is 18.0. The molecule has 4 heteroatoms. The average Bonchev–Trinajstić information content (AvgIpc) is 2.49. The highest BCUT2D eigenvalue weighted by Gasteiger charge is 2.23. The zero-order valence-electron chi connectivity index (χ0n) is 14.7. The Balaban J connectivity index is 2.03. The summed E-state index contributed by atoms with van der Waals surface area (Å²) in [4.78, 5) is 11.5. The lowest BCUT2D eigenvalue weighted by Gasteiger charge is -2.25. The van der Waals surface area contributed by atoms with Crippen molar-refractivity contribution >= 4 is 5.97 Å². The summed E-state index contributed by atoms with van der Waals surface area (Å²) in [5, 5.41) is 12.7. The maximum atomic E-state index is 11.5. The maximum absolute atomic E-state index is 11.5. The molecule has 0 aromatic heterocycles. The number of fused-ring (bicyclic) bond motifs is 1. The van der Waals surface area contributed by atoms with Gasteiger partial charge in [-0.15, -0.1) is 0 Å². The smallest absolute Gasteiger partial charge is 0.320 e. The molecule has 0 saturated carbocycles. The lowest BCUT2D eigenvalue weighted by Crippen LogP contribution is -2.39. The minimum atomic E-state index is -0.776. The molecule has 4 nitrogen and oxygen atoms in total. The second kappa shape index (κ2) is 7.45. The number of hydrogen-bond donors (Lipinski definition) is 2. The number of ether oxygens (including phenoxy) is 1.